The number of nitrogens with two attached hydrogens (primary N) is 1. The van der Waals surface area contributed by atoms with Crippen LogP contribution in [-0.2, 0) is 0 Å². The Balaban J connectivity index is 3.04. The Bertz CT molecular complexity index is 139. The first-order valence-corrected chi connectivity index (χ1v) is 1.90. The smallest absolute Gasteiger partial charge is 0.0719 e. The van der Waals surface area contributed by atoms with E-state index in [4.69, 9.17) is 5.73 Å². The first kappa shape index (κ1) is 4.18. The van der Waals surface area contributed by atoms with Gasteiger partial charge in [-0.2, -0.15) is 5.10 Å². The van der Waals surface area contributed by atoms with Crippen LogP contribution in [0.4, 0.5) is 5.69 Å². The number of anilines is 1. The Morgan fingerprint density at radius 3 is 2.71 bits per heavy atom. The summed E-state index contributed by atoms with van der Waals surface area (Å²) in [5.41, 5.74) is 5.90. The lowest BCUT2D eigenvalue weighted by Gasteiger charge is -1.77. The second-order valence-corrected chi connectivity index (χ2v) is 1.31. The van der Waals surface area contributed by atoms with E-state index in [2.05, 4.69) is 12.1 Å². The molecular formula is C4H6N3. The topological polar surface area (TPSA) is 43.8 Å². The van der Waals surface area contributed by atoms with Gasteiger partial charge in [-0.1, -0.05) is 0 Å². The Morgan fingerprint density at radius 1 is 1.86 bits per heavy atom. The normalized spacial score (nSPS) is 9.29. The number of nitrogen functional groups attached to an aromatic ring is 1. The number of aromatic nitrogens is 2. The molecule has 0 amide bonds. The minimum absolute atomic E-state index is 0.648. The fourth-order valence-corrected chi connectivity index (χ4v) is 0.380. The third kappa shape index (κ3) is 0.707. The lowest BCUT2D eigenvalue weighted by atomic mass is 10.6. The van der Waals surface area contributed by atoms with Crippen molar-refractivity contribution < 1.29 is 0 Å². The van der Waals surface area contributed by atoms with Crippen molar-refractivity contribution in [3.8, 4) is 0 Å². The molecule has 1 aromatic rings. The third-order valence-electron chi connectivity index (χ3n) is 0.653. The molecule has 0 bridgehead atoms. The number of hydrogen-bond donors (Lipinski definition) is 1. The highest BCUT2D eigenvalue weighted by Crippen LogP contribution is 1.93. The van der Waals surface area contributed by atoms with Crippen molar-refractivity contribution in [1.29, 1.82) is 0 Å². The molecule has 0 saturated carbocycles. The molecule has 0 spiro atoms. The monoisotopic (exact) mass is 96.1 g/mol. The molecule has 7 heavy (non-hydrogen) atoms. The van der Waals surface area contributed by atoms with Crippen LogP contribution >= 0.6 is 0 Å². The van der Waals surface area contributed by atoms with E-state index in [1.807, 2.05) is 0 Å². The summed E-state index contributed by atoms with van der Waals surface area (Å²) in [5.74, 6) is 0. The van der Waals surface area contributed by atoms with E-state index in [1.165, 1.54) is 4.68 Å². The van der Waals surface area contributed by atoms with Gasteiger partial charge in [-0.15, -0.1) is 0 Å². The Morgan fingerprint density at radius 2 is 2.57 bits per heavy atom. The summed E-state index contributed by atoms with van der Waals surface area (Å²) >= 11 is 0. The molecule has 1 aromatic heterocycles. The van der Waals surface area contributed by atoms with E-state index in [9.17, 15) is 0 Å². The molecule has 1 heterocycles. The molecule has 3 heteroatoms. The molecule has 3 nitrogen and oxygen atoms in total. The average molecular weight is 96.1 g/mol. The van der Waals surface area contributed by atoms with Crippen molar-refractivity contribution in [2.24, 2.45) is 0 Å². The number of nitrogens with zero attached hydrogens (tertiary/aromatic N) is 2. The van der Waals surface area contributed by atoms with Gasteiger partial charge in [0, 0.05) is 6.20 Å². The summed E-state index contributed by atoms with van der Waals surface area (Å²) in [6.07, 6.45) is 3.19. The summed E-state index contributed by atoms with van der Waals surface area (Å²) in [7, 11) is 3.47. The molecule has 0 aliphatic rings. The third-order valence-corrected chi connectivity index (χ3v) is 0.653. The Kier molecular flexibility index (Phi) is 0.749. The van der Waals surface area contributed by atoms with Crippen LogP contribution in [0.1, 0.15) is 0 Å². The van der Waals surface area contributed by atoms with Crippen molar-refractivity contribution in [3.63, 3.8) is 0 Å². The van der Waals surface area contributed by atoms with Crippen molar-refractivity contribution >= 4 is 5.69 Å². The summed E-state index contributed by atoms with van der Waals surface area (Å²) in [6, 6.07) is 0. The predicted octanol–water partition coefficient (Wildman–Crippen LogP) is 0.105. The minimum atomic E-state index is 0.648. The van der Waals surface area contributed by atoms with E-state index in [0.717, 1.165) is 0 Å². The molecular weight excluding hydrogens is 90.1 g/mol. The van der Waals surface area contributed by atoms with Crippen LogP contribution in [0.5, 0.6) is 0 Å². The first-order valence-electron chi connectivity index (χ1n) is 1.90. The molecule has 1 rings (SSSR count). The highest BCUT2D eigenvalue weighted by atomic mass is 15.2. The van der Waals surface area contributed by atoms with Crippen LogP contribution in [-0.4, -0.2) is 9.78 Å². The Hall–Kier alpha value is -0.990. The van der Waals surface area contributed by atoms with E-state index in [-0.39, 0.29) is 0 Å². The summed E-state index contributed by atoms with van der Waals surface area (Å²) in [4.78, 5) is 0. The molecule has 0 aliphatic heterocycles. The molecule has 0 fully saturated rings. The standard InChI is InChI=1S/C4H6N3/c1-7-3-4(5)2-6-7/h2-3H,1,5H2. The summed E-state index contributed by atoms with van der Waals surface area (Å²) in [6.45, 7) is 0. The largest absolute Gasteiger partial charge is 0.396 e. The first-order chi connectivity index (χ1) is 3.29. The highest BCUT2D eigenvalue weighted by Gasteiger charge is 1.82. The second kappa shape index (κ2) is 1.26. The maximum Gasteiger partial charge on any atom is 0.0719 e. The zero-order chi connectivity index (χ0) is 5.28. The predicted molar refractivity (Wildman–Crippen MR) is 27.4 cm³/mol. The number of rotatable bonds is 0. The second-order valence-electron chi connectivity index (χ2n) is 1.31. The molecule has 0 unspecified atom stereocenters. The van der Waals surface area contributed by atoms with Gasteiger partial charge in [0.25, 0.3) is 0 Å². The van der Waals surface area contributed by atoms with E-state index in [1.54, 1.807) is 12.4 Å². The highest BCUT2D eigenvalue weighted by molar-refractivity contribution is 5.30. The molecule has 0 saturated heterocycles. The van der Waals surface area contributed by atoms with Crippen LogP contribution in [0.3, 0.4) is 0 Å². The fourth-order valence-electron chi connectivity index (χ4n) is 0.380. The van der Waals surface area contributed by atoms with Crippen molar-refractivity contribution in [2.45, 2.75) is 0 Å². The molecule has 37 valence electrons. The van der Waals surface area contributed by atoms with Crippen molar-refractivity contribution in [3.05, 3.63) is 19.4 Å². The fraction of sp³-hybridized carbons (Fsp3) is 0. The Labute approximate surface area is 41.7 Å². The summed E-state index contributed by atoms with van der Waals surface area (Å²) < 4.78 is 1.41. The van der Waals surface area contributed by atoms with Crippen LogP contribution in [0.2, 0.25) is 0 Å². The van der Waals surface area contributed by atoms with Crippen molar-refractivity contribution in [1.82, 2.24) is 9.78 Å². The quantitative estimate of drug-likeness (QED) is 0.498. The van der Waals surface area contributed by atoms with Gasteiger partial charge < -0.3 is 5.73 Å². The van der Waals surface area contributed by atoms with Crippen LogP contribution < -0.4 is 5.73 Å². The SMILES string of the molecule is [CH2]n1cc(N)cn1. The molecule has 1 radical (unpaired) electrons. The van der Waals surface area contributed by atoms with Crippen molar-refractivity contribution in [2.75, 3.05) is 5.73 Å². The maximum absolute atomic E-state index is 5.26. The van der Waals surface area contributed by atoms with E-state index >= 15 is 0 Å². The van der Waals surface area contributed by atoms with E-state index in [0.29, 0.717) is 5.69 Å². The zero-order valence-electron chi connectivity index (χ0n) is 3.83. The molecule has 0 atom stereocenters. The zero-order valence-corrected chi connectivity index (χ0v) is 3.83. The van der Waals surface area contributed by atoms with Gasteiger partial charge in [0.2, 0.25) is 0 Å². The summed E-state index contributed by atoms with van der Waals surface area (Å²) in [5, 5.41) is 3.70. The van der Waals surface area contributed by atoms with Gasteiger partial charge in [-0.25, -0.2) is 0 Å². The number of hydrogen-bond acceptors (Lipinski definition) is 2. The van der Waals surface area contributed by atoms with Crippen LogP contribution in [0, 0.1) is 7.05 Å². The van der Waals surface area contributed by atoms with Gasteiger partial charge in [0.1, 0.15) is 0 Å². The molecule has 0 aromatic carbocycles. The van der Waals surface area contributed by atoms with E-state index < -0.39 is 0 Å². The lowest BCUT2D eigenvalue weighted by molar-refractivity contribution is 0.877. The van der Waals surface area contributed by atoms with Gasteiger partial charge in [0.05, 0.1) is 18.9 Å². The maximum atomic E-state index is 5.26. The van der Waals surface area contributed by atoms with Gasteiger partial charge >= 0.3 is 0 Å². The van der Waals surface area contributed by atoms with Gasteiger partial charge in [-0.05, 0) is 0 Å². The van der Waals surface area contributed by atoms with Crippen LogP contribution in [0.25, 0.3) is 0 Å². The molecule has 2 N–H and O–H groups in total. The van der Waals surface area contributed by atoms with Gasteiger partial charge in [-0.3, -0.25) is 4.68 Å². The lowest BCUT2D eigenvalue weighted by Crippen LogP contribution is -1.81. The minimum Gasteiger partial charge on any atom is -0.396 e. The van der Waals surface area contributed by atoms with Crippen LogP contribution in [0.15, 0.2) is 12.4 Å². The molecule has 0 aliphatic carbocycles. The van der Waals surface area contributed by atoms with Gasteiger partial charge in [0.15, 0.2) is 0 Å². The average Bonchev–Trinajstić information content (AvgIpc) is 1.87.